The lowest BCUT2D eigenvalue weighted by Gasteiger charge is -2.13. The van der Waals surface area contributed by atoms with Gasteiger partial charge < -0.3 is 20.1 Å². The average Bonchev–Trinajstić information content (AvgIpc) is 2.50. The highest BCUT2D eigenvalue weighted by atomic mass is 16.5. The molecule has 0 radical (unpaired) electrons. The van der Waals surface area contributed by atoms with Crippen LogP contribution in [0.15, 0.2) is 30.9 Å². The van der Waals surface area contributed by atoms with Gasteiger partial charge in [0.2, 0.25) is 0 Å². The predicted molar refractivity (Wildman–Crippen MR) is 83.7 cm³/mol. The van der Waals surface area contributed by atoms with Crippen molar-refractivity contribution in [1.82, 2.24) is 10.6 Å². The third-order valence-corrected chi connectivity index (χ3v) is 2.68. The van der Waals surface area contributed by atoms with Gasteiger partial charge in [0, 0.05) is 24.7 Å². The zero-order valence-corrected chi connectivity index (χ0v) is 12.8. The molecule has 5 heteroatoms. The monoisotopic (exact) mass is 292 g/mol. The SMILES string of the molecule is C=CCNC(=O)COc1cc(OCCC)ccc1CNC. The number of hydrogen-bond acceptors (Lipinski definition) is 4. The van der Waals surface area contributed by atoms with E-state index in [0.29, 0.717) is 25.4 Å². The van der Waals surface area contributed by atoms with E-state index >= 15 is 0 Å². The number of ether oxygens (including phenoxy) is 2. The Morgan fingerprint density at radius 3 is 2.86 bits per heavy atom. The summed E-state index contributed by atoms with van der Waals surface area (Å²) in [4.78, 5) is 11.6. The van der Waals surface area contributed by atoms with E-state index < -0.39 is 0 Å². The van der Waals surface area contributed by atoms with E-state index in [0.717, 1.165) is 17.7 Å². The minimum absolute atomic E-state index is 0.0260. The first-order valence-corrected chi connectivity index (χ1v) is 7.12. The lowest BCUT2D eigenvalue weighted by molar-refractivity contribution is -0.122. The van der Waals surface area contributed by atoms with Crippen LogP contribution in [0.1, 0.15) is 18.9 Å². The maximum atomic E-state index is 11.6. The van der Waals surface area contributed by atoms with Crippen LogP contribution in [0.25, 0.3) is 0 Å². The van der Waals surface area contributed by atoms with E-state index in [1.807, 2.05) is 25.2 Å². The number of hydrogen-bond donors (Lipinski definition) is 2. The Hall–Kier alpha value is -2.01. The lowest BCUT2D eigenvalue weighted by Crippen LogP contribution is -2.29. The first kappa shape index (κ1) is 17.0. The van der Waals surface area contributed by atoms with Gasteiger partial charge in [-0.1, -0.05) is 19.1 Å². The van der Waals surface area contributed by atoms with Crippen molar-refractivity contribution in [2.24, 2.45) is 0 Å². The highest BCUT2D eigenvalue weighted by Gasteiger charge is 2.08. The first-order valence-electron chi connectivity index (χ1n) is 7.12. The standard InChI is InChI=1S/C16H24N2O3/c1-4-8-18-16(19)12-21-15-10-14(20-9-5-2)7-6-13(15)11-17-3/h4,6-7,10,17H,1,5,8-9,11-12H2,2-3H3,(H,18,19). The zero-order chi connectivity index (χ0) is 15.5. The van der Waals surface area contributed by atoms with Gasteiger partial charge in [-0.15, -0.1) is 6.58 Å². The fraction of sp³-hybridized carbons (Fsp3) is 0.438. The summed E-state index contributed by atoms with van der Waals surface area (Å²) in [5.41, 5.74) is 0.984. The maximum absolute atomic E-state index is 11.6. The summed E-state index contributed by atoms with van der Waals surface area (Å²) in [6.07, 6.45) is 2.57. The van der Waals surface area contributed by atoms with Gasteiger partial charge in [-0.25, -0.2) is 0 Å². The van der Waals surface area contributed by atoms with Crippen molar-refractivity contribution in [1.29, 1.82) is 0 Å². The van der Waals surface area contributed by atoms with Crippen LogP contribution in [0.4, 0.5) is 0 Å². The molecule has 2 N–H and O–H groups in total. The van der Waals surface area contributed by atoms with Crippen LogP contribution in [-0.2, 0) is 11.3 Å². The second kappa shape index (κ2) is 9.83. The Labute approximate surface area is 126 Å². The summed E-state index contributed by atoms with van der Waals surface area (Å²) in [5.74, 6) is 1.23. The van der Waals surface area contributed by atoms with Crippen molar-refractivity contribution in [3.05, 3.63) is 36.4 Å². The largest absolute Gasteiger partial charge is 0.493 e. The Balaban J connectivity index is 2.70. The maximum Gasteiger partial charge on any atom is 0.258 e. The fourth-order valence-electron chi connectivity index (χ4n) is 1.70. The molecule has 1 amide bonds. The summed E-state index contributed by atoms with van der Waals surface area (Å²) >= 11 is 0. The number of benzene rings is 1. The number of nitrogens with one attached hydrogen (secondary N) is 2. The second-order valence-corrected chi connectivity index (χ2v) is 4.53. The minimum Gasteiger partial charge on any atom is -0.493 e. The summed E-state index contributed by atoms with van der Waals surface area (Å²) in [5, 5.41) is 5.75. The highest BCUT2D eigenvalue weighted by Crippen LogP contribution is 2.25. The van der Waals surface area contributed by atoms with E-state index in [2.05, 4.69) is 24.1 Å². The van der Waals surface area contributed by atoms with Crippen LogP contribution in [0.3, 0.4) is 0 Å². The quantitative estimate of drug-likeness (QED) is 0.646. The molecule has 0 heterocycles. The van der Waals surface area contributed by atoms with Crippen LogP contribution < -0.4 is 20.1 Å². The molecule has 5 nitrogen and oxygen atoms in total. The Kier molecular flexibility index (Phi) is 7.97. The molecule has 0 spiro atoms. The number of amides is 1. The molecule has 1 aromatic rings. The van der Waals surface area contributed by atoms with E-state index in [1.54, 1.807) is 6.08 Å². The molecule has 0 aliphatic rings. The number of rotatable bonds is 10. The van der Waals surface area contributed by atoms with Crippen molar-refractivity contribution >= 4 is 5.91 Å². The van der Waals surface area contributed by atoms with E-state index in [9.17, 15) is 4.79 Å². The van der Waals surface area contributed by atoms with Crippen LogP contribution in [0.2, 0.25) is 0 Å². The molecule has 21 heavy (non-hydrogen) atoms. The molecule has 0 fully saturated rings. The van der Waals surface area contributed by atoms with Crippen molar-refractivity contribution in [2.75, 3.05) is 26.8 Å². The number of carbonyl (C=O) groups is 1. The van der Waals surface area contributed by atoms with Gasteiger partial charge >= 0.3 is 0 Å². The molecule has 0 aromatic heterocycles. The van der Waals surface area contributed by atoms with Crippen LogP contribution >= 0.6 is 0 Å². The van der Waals surface area contributed by atoms with Crippen LogP contribution in [0.5, 0.6) is 11.5 Å². The third kappa shape index (κ3) is 6.31. The smallest absolute Gasteiger partial charge is 0.258 e. The Bertz CT molecular complexity index is 461. The van der Waals surface area contributed by atoms with Crippen molar-refractivity contribution in [3.63, 3.8) is 0 Å². The summed E-state index contributed by atoms with van der Waals surface area (Å²) in [6.45, 7) is 7.33. The molecular formula is C16H24N2O3. The molecule has 1 rings (SSSR count). The second-order valence-electron chi connectivity index (χ2n) is 4.53. The van der Waals surface area contributed by atoms with Crippen molar-refractivity contribution in [2.45, 2.75) is 19.9 Å². The molecule has 116 valence electrons. The average molecular weight is 292 g/mol. The molecule has 0 bridgehead atoms. The van der Waals surface area contributed by atoms with Gasteiger partial charge in [0.15, 0.2) is 6.61 Å². The lowest BCUT2D eigenvalue weighted by atomic mass is 10.2. The van der Waals surface area contributed by atoms with E-state index in [-0.39, 0.29) is 12.5 Å². The molecule has 0 atom stereocenters. The van der Waals surface area contributed by atoms with Crippen molar-refractivity contribution < 1.29 is 14.3 Å². The summed E-state index contributed by atoms with van der Waals surface area (Å²) in [7, 11) is 1.86. The van der Waals surface area contributed by atoms with Crippen LogP contribution in [-0.4, -0.2) is 32.7 Å². The molecule has 0 aliphatic carbocycles. The fourth-order valence-corrected chi connectivity index (χ4v) is 1.70. The van der Waals surface area contributed by atoms with E-state index in [4.69, 9.17) is 9.47 Å². The van der Waals surface area contributed by atoms with Crippen molar-refractivity contribution in [3.8, 4) is 11.5 Å². The van der Waals surface area contributed by atoms with Gasteiger partial charge in [0.25, 0.3) is 5.91 Å². The summed E-state index contributed by atoms with van der Waals surface area (Å²) < 4.78 is 11.2. The van der Waals surface area contributed by atoms with Gasteiger partial charge in [-0.05, 0) is 19.5 Å². The third-order valence-electron chi connectivity index (χ3n) is 2.68. The van der Waals surface area contributed by atoms with Crippen LogP contribution in [0, 0.1) is 0 Å². The Morgan fingerprint density at radius 1 is 1.38 bits per heavy atom. The molecule has 1 aromatic carbocycles. The van der Waals surface area contributed by atoms with Gasteiger partial charge in [0.05, 0.1) is 6.61 Å². The molecular weight excluding hydrogens is 268 g/mol. The van der Waals surface area contributed by atoms with Gasteiger partial charge in [-0.3, -0.25) is 4.79 Å². The first-order chi connectivity index (χ1) is 10.2. The number of carbonyl (C=O) groups excluding carboxylic acids is 1. The van der Waals surface area contributed by atoms with E-state index in [1.165, 1.54) is 0 Å². The minimum atomic E-state index is -0.176. The molecule has 0 saturated heterocycles. The van der Waals surface area contributed by atoms with Gasteiger partial charge in [0.1, 0.15) is 11.5 Å². The topological polar surface area (TPSA) is 59.6 Å². The highest BCUT2D eigenvalue weighted by molar-refractivity contribution is 5.77. The molecule has 0 aliphatic heterocycles. The van der Waals surface area contributed by atoms with Gasteiger partial charge in [-0.2, -0.15) is 0 Å². The normalized spacial score (nSPS) is 10.0. The summed E-state index contributed by atoms with van der Waals surface area (Å²) in [6, 6.07) is 5.68. The predicted octanol–water partition coefficient (Wildman–Crippen LogP) is 1.88. The Morgan fingerprint density at radius 2 is 2.19 bits per heavy atom. The molecule has 0 saturated carbocycles. The molecule has 0 unspecified atom stereocenters. The zero-order valence-electron chi connectivity index (χ0n) is 12.8.